The number of hydrogen-bond donors (Lipinski definition) is 2. The van der Waals surface area contributed by atoms with Crippen LogP contribution in [0.2, 0.25) is 0 Å². The summed E-state index contributed by atoms with van der Waals surface area (Å²) >= 11 is 0. The number of nitrogens with one attached hydrogen (secondary N) is 2. The summed E-state index contributed by atoms with van der Waals surface area (Å²) in [6.07, 6.45) is 0. The molecular formula is C18H27IN4O3. The maximum atomic E-state index is 11.7. The van der Waals surface area contributed by atoms with Crippen LogP contribution in [0.15, 0.2) is 33.7 Å². The summed E-state index contributed by atoms with van der Waals surface area (Å²) in [7, 11) is 5.06. The summed E-state index contributed by atoms with van der Waals surface area (Å²) in [5.41, 5.74) is 1.97. The highest BCUT2D eigenvalue weighted by molar-refractivity contribution is 14.0. The molecule has 2 aromatic rings. The smallest absolute Gasteiger partial charge is 0.243 e. The number of likely N-dealkylation sites (N-methyl/N-ethyl adjacent to an activating group) is 1. The molecule has 1 amide bonds. The van der Waals surface area contributed by atoms with Crippen LogP contribution in [0.1, 0.15) is 11.3 Å². The van der Waals surface area contributed by atoms with Crippen molar-refractivity contribution in [3.8, 4) is 0 Å². The van der Waals surface area contributed by atoms with Crippen molar-refractivity contribution < 1.29 is 13.9 Å². The fraction of sp³-hybridized carbons (Fsp3) is 0.444. The second-order valence-corrected chi connectivity index (χ2v) is 5.87. The van der Waals surface area contributed by atoms with Crippen molar-refractivity contribution in [2.75, 3.05) is 40.9 Å². The predicted octanol–water partition coefficient (Wildman–Crippen LogP) is 2.13. The Morgan fingerprint density at radius 3 is 2.65 bits per heavy atom. The van der Waals surface area contributed by atoms with Gasteiger partial charge in [-0.15, -0.1) is 24.0 Å². The van der Waals surface area contributed by atoms with Gasteiger partial charge in [0.2, 0.25) is 5.91 Å². The average molecular weight is 474 g/mol. The van der Waals surface area contributed by atoms with Gasteiger partial charge in [0.05, 0.1) is 13.2 Å². The van der Waals surface area contributed by atoms with Gasteiger partial charge >= 0.3 is 0 Å². The van der Waals surface area contributed by atoms with Crippen molar-refractivity contribution in [2.45, 2.75) is 13.5 Å². The minimum Gasteiger partial charge on any atom is -0.459 e. The lowest BCUT2D eigenvalue weighted by Gasteiger charge is -2.13. The monoisotopic (exact) mass is 474 g/mol. The Kier molecular flexibility index (Phi) is 9.42. The van der Waals surface area contributed by atoms with Gasteiger partial charge in [-0.25, -0.2) is 4.99 Å². The Morgan fingerprint density at radius 1 is 1.27 bits per heavy atom. The number of para-hydroxylation sites is 1. The number of halogens is 1. The first-order valence-corrected chi connectivity index (χ1v) is 8.21. The second-order valence-electron chi connectivity index (χ2n) is 5.87. The van der Waals surface area contributed by atoms with E-state index in [0.717, 1.165) is 22.3 Å². The highest BCUT2D eigenvalue weighted by Crippen LogP contribution is 2.24. The molecule has 0 spiro atoms. The van der Waals surface area contributed by atoms with Gasteiger partial charge in [-0.05, 0) is 13.0 Å². The Hall–Kier alpha value is -1.81. The van der Waals surface area contributed by atoms with Crippen LogP contribution in [0.4, 0.5) is 0 Å². The first-order valence-electron chi connectivity index (χ1n) is 8.21. The maximum absolute atomic E-state index is 11.7. The minimum absolute atomic E-state index is 0. The van der Waals surface area contributed by atoms with Gasteiger partial charge in [-0.2, -0.15) is 0 Å². The lowest BCUT2D eigenvalue weighted by Crippen LogP contribution is -2.39. The normalized spacial score (nSPS) is 11.2. The molecule has 144 valence electrons. The largest absolute Gasteiger partial charge is 0.459 e. The Bertz CT molecular complexity index is 743. The minimum atomic E-state index is -0.0623. The molecule has 0 bridgehead atoms. The molecule has 2 rings (SSSR count). The molecule has 0 aliphatic heterocycles. The highest BCUT2D eigenvalue weighted by Gasteiger charge is 2.11. The van der Waals surface area contributed by atoms with E-state index in [0.29, 0.717) is 25.7 Å². The third kappa shape index (κ3) is 6.17. The number of carbonyl (C=O) groups is 1. The molecule has 0 radical (unpaired) electrons. The van der Waals surface area contributed by atoms with E-state index in [9.17, 15) is 4.79 Å². The number of benzene rings is 1. The topological polar surface area (TPSA) is 79.1 Å². The number of furan rings is 1. The molecule has 26 heavy (non-hydrogen) atoms. The van der Waals surface area contributed by atoms with Crippen LogP contribution in [-0.4, -0.2) is 57.7 Å². The summed E-state index contributed by atoms with van der Waals surface area (Å²) in [4.78, 5) is 17.6. The van der Waals surface area contributed by atoms with Crippen LogP contribution in [0.3, 0.4) is 0 Å². The van der Waals surface area contributed by atoms with E-state index in [1.807, 2.05) is 31.2 Å². The van der Waals surface area contributed by atoms with Gasteiger partial charge in [0.15, 0.2) is 5.96 Å². The van der Waals surface area contributed by atoms with Crippen molar-refractivity contribution in [2.24, 2.45) is 4.99 Å². The van der Waals surface area contributed by atoms with Crippen molar-refractivity contribution >= 4 is 46.8 Å². The number of guanidine groups is 1. The number of aryl methyl sites for hydroxylation is 1. The summed E-state index contributed by atoms with van der Waals surface area (Å²) in [5.74, 6) is 1.33. The van der Waals surface area contributed by atoms with E-state index in [1.165, 1.54) is 4.90 Å². The molecule has 0 atom stereocenters. The molecule has 0 fully saturated rings. The molecule has 1 heterocycles. The van der Waals surface area contributed by atoms with E-state index in [-0.39, 0.29) is 36.4 Å². The zero-order valence-corrected chi connectivity index (χ0v) is 18.0. The lowest BCUT2D eigenvalue weighted by atomic mass is 10.1. The fourth-order valence-corrected chi connectivity index (χ4v) is 2.29. The van der Waals surface area contributed by atoms with Gasteiger partial charge in [0.1, 0.15) is 17.9 Å². The SMILES string of the molecule is COCCNC(=NCC(=O)N(C)C)NCc1oc2ccccc2c1C.I. The van der Waals surface area contributed by atoms with Gasteiger partial charge < -0.3 is 24.7 Å². The van der Waals surface area contributed by atoms with Gasteiger partial charge in [-0.1, -0.05) is 18.2 Å². The Labute approximate surface area is 171 Å². The van der Waals surface area contributed by atoms with Gasteiger partial charge in [0, 0.05) is 38.7 Å². The van der Waals surface area contributed by atoms with Crippen molar-refractivity contribution in [3.63, 3.8) is 0 Å². The predicted molar refractivity (Wildman–Crippen MR) is 114 cm³/mol. The first kappa shape index (κ1) is 22.2. The maximum Gasteiger partial charge on any atom is 0.243 e. The number of hydrogen-bond acceptors (Lipinski definition) is 4. The van der Waals surface area contributed by atoms with E-state index in [4.69, 9.17) is 9.15 Å². The Morgan fingerprint density at radius 2 is 2.00 bits per heavy atom. The molecule has 8 heteroatoms. The third-order valence-corrected chi connectivity index (χ3v) is 3.83. The molecule has 0 saturated carbocycles. The molecule has 0 aliphatic rings. The Balaban J connectivity index is 0.00000338. The number of methoxy groups -OCH3 is 1. The molecule has 1 aromatic heterocycles. The summed E-state index contributed by atoms with van der Waals surface area (Å²) in [5, 5.41) is 7.45. The van der Waals surface area contributed by atoms with Crippen LogP contribution >= 0.6 is 24.0 Å². The average Bonchev–Trinajstić information content (AvgIpc) is 2.93. The van der Waals surface area contributed by atoms with Gasteiger partial charge in [0.25, 0.3) is 0 Å². The number of ether oxygens (including phenoxy) is 1. The molecule has 0 unspecified atom stereocenters. The molecular weight excluding hydrogens is 447 g/mol. The summed E-state index contributed by atoms with van der Waals surface area (Å²) in [6.45, 7) is 3.74. The number of carbonyl (C=O) groups excluding carboxylic acids is 1. The van der Waals surface area contributed by atoms with Crippen molar-refractivity contribution in [3.05, 3.63) is 35.6 Å². The third-order valence-electron chi connectivity index (χ3n) is 3.83. The van der Waals surface area contributed by atoms with Crippen LogP contribution in [0.25, 0.3) is 11.0 Å². The molecule has 2 N–H and O–H groups in total. The number of rotatable bonds is 7. The fourth-order valence-electron chi connectivity index (χ4n) is 2.29. The van der Waals surface area contributed by atoms with Gasteiger partial charge in [-0.3, -0.25) is 4.79 Å². The highest BCUT2D eigenvalue weighted by atomic mass is 127. The van der Waals surface area contributed by atoms with E-state index >= 15 is 0 Å². The second kappa shape index (κ2) is 11.0. The zero-order chi connectivity index (χ0) is 18.2. The molecule has 0 saturated heterocycles. The van der Waals surface area contributed by atoms with Crippen molar-refractivity contribution in [1.82, 2.24) is 15.5 Å². The van der Waals surface area contributed by atoms with Crippen molar-refractivity contribution in [1.29, 1.82) is 0 Å². The van der Waals surface area contributed by atoms with Crippen LogP contribution < -0.4 is 10.6 Å². The summed E-state index contributed by atoms with van der Waals surface area (Å²) < 4.78 is 10.9. The van der Waals surface area contributed by atoms with Crippen LogP contribution in [0, 0.1) is 6.92 Å². The summed E-state index contributed by atoms with van der Waals surface area (Å²) in [6, 6.07) is 7.94. The standard InChI is InChI=1S/C18H26N4O3.HI/c1-13-14-7-5-6-8-15(14)25-16(13)11-20-18(19-9-10-24-4)21-12-17(23)22(2)3;/h5-8H,9-12H2,1-4H3,(H2,19,20,21);1H. The first-order chi connectivity index (χ1) is 12.0. The van der Waals surface area contributed by atoms with E-state index in [2.05, 4.69) is 15.6 Å². The number of fused-ring (bicyclic) bond motifs is 1. The number of amides is 1. The molecule has 7 nitrogen and oxygen atoms in total. The van der Waals surface area contributed by atoms with Crippen LogP contribution in [0.5, 0.6) is 0 Å². The zero-order valence-electron chi connectivity index (χ0n) is 15.7. The quantitative estimate of drug-likeness (QED) is 0.278. The molecule has 0 aliphatic carbocycles. The van der Waals surface area contributed by atoms with E-state index < -0.39 is 0 Å². The number of aliphatic imine (C=N–C) groups is 1. The lowest BCUT2D eigenvalue weighted by molar-refractivity contribution is -0.127. The van der Waals surface area contributed by atoms with E-state index in [1.54, 1.807) is 21.2 Å². The van der Waals surface area contributed by atoms with Crippen LogP contribution in [-0.2, 0) is 16.1 Å². The molecule has 1 aromatic carbocycles. The number of nitrogens with zero attached hydrogens (tertiary/aromatic N) is 2.